The number of carbonyl (C=O) groups is 2. The van der Waals surface area contributed by atoms with E-state index < -0.39 is 40.0 Å². The van der Waals surface area contributed by atoms with Crippen LogP contribution in [0.15, 0.2) is 57.3 Å². The number of guanidine groups is 1. The molecule has 0 radical (unpaired) electrons. The van der Waals surface area contributed by atoms with E-state index >= 15 is 0 Å². The number of carboxylic acids is 1. The molecule has 0 fully saturated rings. The highest BCUT2D eigenvalue weighted by molar-refractivity contribution is 7.92. The molecule has 0 saturated heterocycles. The van der Waals surface area contributed by atoms with E-state index in [2.05, 4.69) is 15.0 Å². The number of nitrogens with two attached hydrogens (primary N) is 2. The molecule has 0 aliphatic carbocycles. The molecule has 0 aliphatic heterocycles. The van der Waals surface area contributed by atoms with E-state index in [1.807, 2.05) is 0 Å². The fraction of sp³-hybridized carbons (Fsp3) is 0.300. The fourth-order valence-electron chi connectivity index (χ4n) is 2.88. The minimum Gasteiger partial charge on any atom is -0.480 e. The first kappa shape index (κ1) is 25.4. The number of hydrogen-bond acceptors (Lipinski definition) is 6. The Bertz CT molecular complexity index is 1200. The minimum absolute atomic E-state index is 0.0138. The number of rotatable bonds is 11. The summed E-state index contributed by atoms with van der Waals surface area (Å²) in [5, 5.41) is 11.6. The van der Waals surface area contributed by atoms with Gasteiger partial charge in [-0.3, -0.25) is 19.3 Å². The second-order valence-electron chi connectivity index (χ2n) is 7.18. The van der Waals surface area contributed by atoms with Crippen molar-refractivity contribution in [3.63, 3.8) is 0 Å². The van der Waals surface area contributed by atoms with Crippen LogP contribution in [0.25, 0.3) is 0 Å². The van der Waals surface area contributed by atoms with Crippen molar-refractivity contribution < 1.29 is 23.1 Å². The normalized spacial score (nSPS) is 11.9. The number of sulfonamides is 1. The molecule has 7 N–H and O–H groups in total. The summed E-state index contributed by atoms with van der Waals surface area (Å²) in [7, 11) is -4.02. The summed E-state index contributed by atoms with van der Waals surface area (Å²) in [6.07, 6.45) is 1.68. The molecule has 1 amide bonds. The third-order valence-corrected chi connectivity index (χ3v) is 5.82. The highest BCUT2D eigenvalue weighted by Gasteiger charge is 2.21. The number of aromatic nitrogens is 1. The zero-order valence-electron chi connectivity index (χ0n) is 17.9. The van der Waals surface area contributed by atoms with Crippen LogP contribution in [-0.2, 0) is 26.2 Å². The van der Waals surface area contributed by atoms with E-state index in [9.17, 15) is 27.9 Å². The van der Waals surface area contributed by atoms with E-state index in [1.165, 1.54) is 30.5 Å². The molecular formula is C20H26N6O6S. The SMILES string of the molecule is Cc1cccc(S(=O)(=O)Nc2cccn(CC(=O)N[C@@H](CCCN=C(N)N)C(=O)O)c2=O)c1. The molecule has 0 unspecified atom stereocenters. The number of carbonyl (C=O) groups excluding carboxylic acids is 1. The van der Waals surface area contributed by atoms with Gasteiger partial charge in [-0.05, 0) is 49.6 Å². The van der Waals surface area contributed by atoms with Crippen molar-refractivity contribution in [1.29, 1.82) is 0 Å². The van der Waals surface area contributed by atoms with Gasteiger partial charge in [0.25, 0.3) is 15.6 Å². The number of amides is 1. The van der Waals surface area contributed by atoms with E-state index in [4.69, 9.17) is 11.5 Å². The summed E-state index contributed by atoms with van der Waals surface area (Å²) in [4.78, 5) is 40.1. The van der Waals surface area contributed by atoms with Crippen molar-refractivity contribution in [2.24, 2.45) is 16.5 Å². The average Bonchev–Trinajstić information content (AvgIpc) is 2.72. The predicted molar refractivity (Wildman–Crippen MR) is 122 cm³/mol. The van der Waals surface area contributed by atoms with Crippen LogP contribution >= 0.6 is 0 Å². The number of nitrogens with zero attached hydrogens (tertiary/aromatic N) is 2. The summed E-state index contributed by atoms with van der Waals surface area (Å²) >= 11 is 0. The number of hydrogen-bond donors (Lipinski definition) is 5. The summed E-state index contributed by atoms with van der Waals surface area (Å²) in [5.74, 6) is -2.10. The zero-order chi connectivity index (χ0) is 24.6. The highest BCUT2D eigenvalue weighted by Crippen LogP contribution is 2.14. The standard InChI is InChI=1S/C20H26N6O6S/c1-13-5-2-6-14(11-13)33(31,32)25-15-8-4-10-26(18(15)28)12-17(27)24-16(19(29)30)7-3-9-23-20(21)22/h2,4-6,8,10-11,16,25H,3,7,9,12H2,1H3,(H,24,27)(H,29,30)(H4,21,22,23)/t16-/m0/s1. The molecule has 2 aromatic rings. The lowest BCUT2D eigenvalue weighted by molar-refractivity contribution is -0.142. The molecule has 0 aliphatic rings. The van der Waals surface area contributed by atoms with Gasteiger partial charge in [-0.15, -0.1) is 0 Å². The second-order valence-corrected chi connectivity index (χ2v) is 8.87. The van der Waals surface area contributed by atoms with Crippen molar-refractivity contribution in [2.75, 3.05) is 11.3 Å². The molecule has 0 bridgehead atoms. The molecule has 1 atom stereocenters. The first-order valence-corrected chi connectivity index (χ1v) is 11.3. The molecule has 1 aromatic carbocycles. The quantitative estimate of drug-likeness (QED) is 0.163. The maximum atomic E-state index is 12.7. The first-order chi connectivity index (χ1) is 15.5. The predicted octanol–water partition coefficient (Wildman–Crippen LogP) is -0.419. The Morgan fingerprint density at radius 1 is 1.21 bits per heavy atom. The largest absolute Gasteiger partial charge is 0.480 e. The molecular weight excluding hydrogens is 452 g/mol. The van der Waals surface area contributed by atoms with Crippen LogP contribution in [0, 0.1) is 6.92 Å². The van der Waals surface area contributed by atoms with E-state index in [0.717, 1.165) is 10.1 Å². The van der Waals surface area contributed by atoms with E-state index in [1.54, 1.807) is 19.1 Å². The number of aliphatic carboxylic acids is 1. The topological polar surface area (TPSA) is 199 Å². The number of aliphatic imine (C=N–C) groups is 1. The third-order valence-electron chi connectivity index (χ3n) is 4.46. The average molecular weight is 479 g/mol. The Hall–Kier alpha value is -3.87. The second kappa shape index (κ2) is 11.1. The molecule has 0 saturated carbocycles. The Morgan fingerprint density at radius 2 is 1.94 bits per heavy atom. The van der Waals surface area contributed by atoms with Crippen molar-refractivity contribution >= 4 is 33.5 Å². The van der Waals surface area contributed by atoms with Crippen LogP contribution in [-0.4, -0.2) is 48.5 Å². The molecule has 12 nitrogen and oxygen atoms in total. The van der Waals surface area contributed by atoms with Gasteiger partial charge in [-0.2, -0.15) is 0 Å². The highest BCUT2D eigenvalue weighted by atomic mass is 32.2. The first-order valence-electron chi connectivity index (χ1n) is 9.86. The van der Waals surface area contributed by atoms with E-state index in [-0.39, 0.29) is 29.5 Å². The van der Waals surface area contributed by atoms with Crippen LogP contribution in [0.1, 0.15) is 18.4 Å². The van der Waals surface area contributed by atoms with Crippen molar-refractivity contribution in [3.8, 4) is 0 Å². The lowest BCUT2D eigenvalue weighted by atomic mass is 10.1. The molecule has 0 spiro atoms. The molecule has 2 rings (SSSR count). The maximum absolute atomic E-state index is 12.7. The van der Waals surface area contributed by atoms with Crippen molar-refractivity contribution in [2.45, 2.75) is 37.2 Å². The van der Waals surface area contributed by atoms with Gasteiger partial charge in [-0.25, -0.2) is 13.2 Å². The van der Waals surface area contributed by atoms with Crippen LogP contribution in [0.2, 0.25) is 0 Å². The molecule has 178 valence electrons. The maximum Gasteiger partial charge on any atom is 0.326 e. The Kier molecular flexibility index (Phi) is 8.56. The van der Waals surface area contributed by atoms with Gasteiger partial charge in [0.05, 0.1) is 4.90 Å². The number of aryl methyl sites for hydroxylation is 1. The molecule has 1 heterocycles. The number of benzene rings is 1. The Balaban J connectivity index is 2.10. The van der Waals surface area contributed by atoms with Gasteiger partial charge in [0.1, 0.15) is 18.3 Å². The van der Waals surface area contributed by atoms with E-state index in [0.29, 0.717) is 6.42 Å². The number of anilines is 1. The Labute approximate surface area is 190 Å². The summed E-state index contributed by atoms with van der Waals surface area (Å²) in [6, 6.07) is 7.62. The lowest BCUT2D eigenvalue weighted by Gasteiger charge is -2.15. The van der Waals surface area contributed by atoms with Crippen molar-refractivity contribution in [1.82, 2.24) is 9.88 Å². The van der Waals surface area contributed by atoms with Gasteiger partial charge in [0.15, 0.2) is 5.96 Å². The van der Waals surface area contributed by atoms with Gasteiger partial charge in [0.2, 0.25) is 5.91 Å². The molecule has 1 aromatic heterocycles. The van der Waals surface area contributed by atoms with Gasteiger partial charge in [0, 0.05) is 12.7 Å². The molecule has 33 heavy (non-hydrogen) atoms. The number of carboxylic acid groups (broad SMARTS) is 1. The Morgan fingerprint density at radius 3 is 2.58 bits per heavy atom. The van der Waals surface area contributed by atoms with Crippen LogP contribution in [0.3, 0.4) is 0 Å². The van der Waals surface area contributed by atoms with Crippen LogP contribution < -0.4 is 27.1 Å². The summed E-state index contributed by atoms with van der Waals surface area (Å²) < 4.78 is 28.4. The number of pyridine rings is 1. The fourth-order valence-corrected chi connectivity index (χ4v) is 4.04. The van der Waals surface area contributed by atoms with Gasteiger partial charge >= 0.3 is 5.97 Å². The number of nitrogens with one attached hydrogen (secondary N) is 2. The van der Waals surface area contributed by atoms with Gasteiger partial charge in [-0.1, -0.05) is 12.1 Å². The summed E-state index contributed by atoms with van der Waals surface area (Å²) in [6.45, 7) is 1.43. The summed E-state index contributed by atoms with van der Waals surface area (Å²) in [5.41, 5.74) is 10.1. The lowest BCUT2D eigenvalue weighted by Crippen LogP contribution is -2.43. The van der Waals surface area contributed by atoms with Crippen molar-refractivity contribution in [3.05, 3.63) is 58.5 Å². The zero-order valence-corrected chi connectivity index (χ0v) is 18.7. The smallest absolute Gasteiger partial charge is 0.326 e. The van der Waals surface area contributed by atoms with Crippen LogP contribution in [0.5, 0.6) is 0 Å². The van der Waals surface area contributed by atoms with Crippen LogP contribution in [0.4, 0.5) is 5.69 Å². The third kappa shape index (κ3) is 7.64. The minimum atomic E-state index is -4.02. The monoisotopic (exact) mass is 478 g/mol. The molecule has 13 heteroatoms. The van der Waals surface area contributed by atoms with Gasteiger partial charge < -0.3 is 26.5 Å².